The fraction of sp³-hybridized carbons (Fsp3) is 0.154. The van der Waals surface area contributed by atoms with E-state index in [1.165, 1.54) is 11.6 Å². The van der Waals surface area contributed by atoms with Crippen molar-refractivity contribution in [3.05, 3.63) is 53.6 Å². The first-order valence-electron chi connectivity index (χ1n) is 4.86. The third-order valence-electron chi connectivity index (χ3n) is 2.41. The van der Waals surface area contributed by atoms with Crippen LogP contribution in [0.25, 0.3) is 11.1 Å². The largest absolute Gasteiger partial charge is 0.258 e. The third-order valence-corrected chi connectivity index (χ3v) is 2.41. The van der Waals surface area contributed by atoms with Crippen molar-refractivity contribution in [2.75, 3.05) is 0 Å². The number of rotatable bonds is 1. The van der Waals surface area contributed by atoms with Crippen LogP contribution in [-0.4, -0.2) is 4.98 Å². The van der Waals surface area contributed by atoms with Crippen LogP contribution in [-0.2, 0) is 0 Å². The van der Waals surface area contributed by atoms with Crippen LogP contribution in [0.15, 0.2) is 36.5 Å². The first-order chi connectivity index (χ1) is 7.16. The lowest BCUT2D eigenvalue weighted by Crippen LogP contribution is -1.89. The van der Waals surface area contributed by atoms with Crippen molar-refractivity contribution in [2.24, 2.45) is 0 Å². The van der Waals surface area contributed by atoms with Gasteiger partial charge < -0.3 is 0 Å². The van der Waals surface area contributed by atoms with Crippen molar-refractivity contribution < 1.29 is 4.39 Å². The summed E-state index contributed by atoms with van der Waals surface area (Å²) in [5.41, 5.74) is 3.44. The highest BCUT2D eigenvalue weighted by molar-refractivity contribution is 5.62. The second-order valence-corrected chi connectivity index (χ2v) is 3.66. The maximum absolute atomic E-state index is 13.3. The monoisotopic (exact) mass is 201 g/mol. The second kappa shape index (κ2) is 3.81. The number of nitrogens with zero attached hydrogens (tertiary/aromatic N) is 1. The molecular formula is C13H12FN. The number of hydrogen-bond donors (Lipinski definition) is 0. The van der Waals surface area contributed by atoms with Gasteiger partial charge in [-0.15, -0.1) is 0 Å². The summed E-state index contributed by atoms with van der Waals surface area (Å²) in [7, 11) is 0. The zero-order chi connectivity index (χ0) is 10.8. The van der Waals surface area contributed by atoms with Crippen molar-refractivity contribution in [3.8, 4) is 11.1 Å². The summed E-state index contributed by atoms with van der Waals surface area (Å²) in [4.78, 5) is 4.00. The smallest absolute Gasteiger partial charge is 0.145 e. The summed E-state index contributed by atoms with van der Waals surface area (Å²) < 4.78 is 13.3. The topological polar surface area (TPSA) is 12.9 Å². The Labute approximate surface area is 88.6 Å². The molecule has 0 fully saturated rings. The van der Waals surface area contributed by atoms with Gasteiger partial charge >= 0.3 is 0 Å². The molecular weight excluding hydrogens is 189 g/mol. The van der Waals surface area contributed by atoms with Gasteiger partial charge in [0.25, 0.3) is 0 Å². The highest BCUT2D eigenvalue weighted by Gasteiger charge is 2.02. The lowest BCUT2D eigenvalue weighted by molar-refractivity contribution is 0.610. The summed E-state index contributed by atoms with van der Waals surface area (Å²) in [6.45, 7) is 3.69. The molecule has 76 valence electrons. The van der Waals surface area contributed by atoms with Gasteiger partial charge in [-0.1, -0.05) is 29.8 Å². The molecule has 0 spiro atoms. The van der Waals surface area contributed by atoms with Crippen LogP contribution in [0.3, 0.4) is 0 Å². The van der Waals surface area contributed by atoms with Crippen LogP contribution in [0.2, 0.25) is 0 Å². The minimum absolute atomic E-state index is 0.256. The van der Waals surface area contributed by atoms with Crippen LogP contribution in [0.4, 0.5) is 4.39 Å². The molecule has 1 aromatic heterocycles. The Bertz CT molecular complexity index is 474. The van der Waals surface area contributed by atoms with Crippen LogP contribution < -0.4 is 0 Å². The fourth-order valence-electron chi connectivity index (χ4n) is 1.41. The molecule has 2 rings (SSSR count). The van der Waals surface area contributed by atoms with Crippen molar-refractivity contribution in [2.45, 2.75) is 13.8 Å². The molecule has 0 radical (unpaired) electrons. The number of aryl methyl sites for hydroxylation is 2. The number of halogens is 1. The molecule has 0 bridgehead atoms. The van der Waals surface area contributed by atoms with Gasteiger partial charge in [0.2, 0.25) is 0 Å². The predicted octanol–water partition coefficient (Wildman–Crippen LogP) is 3.50. The van der Waals surface area contributed by atoms with Crippen LogP contribution in [0, 0.1) is 19.7 Å². The van der Waals surface area contributed by atoms with Crippen molar-refractivity contribution >= 4 is 0 Å². The molecule has 15 heavy (non-hydrogen) atoms. The predicted molar refractivity (Wildman–Crippen MR) is 59.1 cm³/mol. The standard InChI is InChI=1S/C13H12FN/c1-9-3-5-11(6-4-9)12-7-13(14)10(2)15-8-12/h3-8H,1-2H3. The Morgan fingerprint density at radius 3 is 2.27 bits per heavy atom. The van der Waals surface area contributed by atoms with E-state index in [2.05, 4.69) is 4.98 Å². The van der Waals surface area contributed by atoms with Gasteiger partial charge in [0, 0.05) is 11.8 Å². The van der Waals surface area contributed by atoms with Gasteiger partial charge in [-0.25, -0.2) is 4.39 Å². The number of pyridine rings is 1. The lowest BCUT2D eigenvalue weighted by Gasteiger charge is -2.03. The van der Waals surface area contributed by atoms with E-state index in [9.17, 15) is 4.39 Å². The molecule has 0 aliphatic carbocycles. The molecule has 0 aliphatic rings. The fourth-order valence-corrected chi connectivity index (χ4v) is 1.41. The highest BCUT2D eigenvalue weighted by Crippen LogP contribution is 2.20. The molecule has 0 saturated carbocycles. The van der Waals surface area contributed by atoms with Crippen molar-refractivity contribution in [3.63, 3.8) is 0 Å². The molecule has 0 aliphatic heterocycles. The molecule has 1 heterocycles. The quantitative estimate of drug-likeness (QED) is 0.688. The first kappa shape index (κ1) is 9.84. The summed E-state index contributed by atoms with van der Waals surface area (Å²) in [5, 5.41) is 0. The molecule has 2 heteroatoms. The van der Waals surface area contributed by atoms with E-state index in [-0.39, 0.29) is 5.82 Å². The van der Waals surface area contributed by atoms with Gasteiger partial charge in [0.1, 0.15) is 5.82 Å². The maximum Gasteiger partial charge on any atom is 0.145 e. The van der Waals surface area contributed by atoms with Crippen LogP contribution in [0.5, 0.6) is 0 Å². The minimum atomic E-state index is -0.256. The van der Waals surface area contributed by atoms with Crippen molar-refractivity contribution in [1.29, 1.82) is 0 Å². The van der Waals surface area contributed by atoms with E-state index < -0.39 is 0 Å². The summed E-state index contributed by atoms with van der Waals surface area (Å²) in [6, 6.07) is 9.48. The van der Waals surface area contributed by atoms with Gasteiger partial charge in [-0.05, 0) is 25.5 Å². The Morgan fingerprint density at radius 1 is 1.00 bits per heavy atom. The molecule has 1 nitrogen and oxygen atoms in total. The van der Waals surface area contributed by atoms with Gasteiger partial charge in [-0.3, -0.25) is 4.98 Å². The second-order valence-electron chi connectivity index (χ2n) is 3.66. The maximum atomic E-state index is 13.3. The average molecular weight is 201 g/mol. The molecule has 0 N–H and O–H groups in total. The Hall–Kier alpha value is -1.70. The molecule has 1 aromatic carbocycles. The van der Waals surface area contributed by atoms with Gasteiger partial charge in [-0.2, -0.15) is 0 Å². The summed E-state index contributed by atoms with van der Waals surface area (Å²) in [6.07, 6.45) is 1.70. The summed E-state index contributed by atoms with van der Waals surface area (Å²) in [5.74, 6) is -0.256. The minimum Gasteiger partial charge on any atom is -0.258 e. The van der Waals surface area contributed by atoms with E-state index in [1.54, 1.807) is 13.1 Å². The number of hydrogen-bond acceptors (Lipinski definition) is 1. The van der Waals surface area contributed by atoms with E-state index >= 15 is 0 Å². The number of benzene rings is 1. The third kappa shape index (κ3) is 2.04. The Kier molecular flexibility index (Phi) is 2.50. The van der Waals surface area contributed by atoms with Crippen LogP contribution >= 0.6 is 0 Å². The SMILES string of the molecule is Cc1ccc(-c2cnc(C)c(F)c2)cc1. The van der Waals surface area contributed by atoms with Gasteiger partial charge in [0.15, 0.2) is 0 Å². The lowest BCUT2D eigenvalue weighted by atomic mass is 10.1. The summed E-state index contributed by atoms with van der Waals surface area (Å²) >= 11 is 0. The van der Waals surface area contributed by atoms with Gasteiger partial charge in [0.05, 0.1) is 5.69 Å². The molecule has 0 amide bonds. The van der Waals surface area contributed by atoms with Crippen molar-refractivity contribution in [1.82, 2.24) is 4.98 Å². The van der Waals surface area contributed by atoms with Crippen LogP contribution in [0.1, 0.15) is 11.3 Å². The Balaban J connectivity index is 2.45. The zero-order valence-electron chi connectivity index (χ0n) is 8.79. The number of aromatic nitrogens is 1. The molecule has 0 atom stereocenters. The highest BCUT2D eigenvalue weighted by atomic mass is 19.1. The van der Waals surface area contributed by atoms with E-state index in [0.717, 1.165) is 11.1 Å². The normalized spacial score (nSPS) is 10.3. The molecule has 0 saturated heterocycles. The average Bonchev–Trinajstić information content (AvgIpc) is 2.23. The zero-order valence-corrected chi connectivity index (χ0v) is 8.79. The van der Waals surface area contributed by atoms with E-state index in [4.69, 9.17) is 0 Å². The first-order valence-corrected chi connectivity index (χ1v) is 4.86. The van der Waals surface area contributed by atoms with E-state index in [1.807, 2.05) is 31.2 Å². The van der Waals surface area contributed by atoms with E-state index in [0.29, 0.717) is 5.69 Å². The Morgan fingerprint density at radius 2 is 1.67 bits per heavy atom. The molecule has 2 aromatic rings. The molecule has 0 unspecified atom stereocenters.